The molecule has 0 saturated heterocycles. The lowest BCUT2D eigenvalue weighted by molar-refractivity contribution is -0.129. The van der Waals surface area contributed by atoms with Crippen molar-refractivity contribution < 1.29 is 20.1 Å². The molecule has 3 N–H and O–H groups in total. The minimum atomic E-state index is -1.52. The molecule has 0 aliphatic rings. The lowest BCUT2D eigenvalue weighted by Gasteiger charge is -2.11. The molecule has 0 amide bonds. The number of hydrogen-bond acceptors (Lipinski definition) is 4. The Hall–Kier alpha value is -0.710. The summed E-state index contributed by atoms with van der Waals surface area (Å²) in [5.41, 5.74) is 0. The van der Waals surface area contributed by atoms with Crippen LogP contribution < -0.4 is 0 Å². The highest BCUT2D eigenvalue weighted by atomic mass is 16.4. The Labute approximate surface area is 141 Å². The van der Waals surface area contributed by atoms with Gasteiger partial charge >= 0.3 is 0 Å². The minimum absolute atomic E-state index is 0.547. The van der Waals surface area contributed by atoms with E-state index >= 15 is 0 Å². The Bertz CT molecular complexity index is 302. The van der Waals surface area contributed by atoms with Gasteiger partial charge in [0.05, 0.1) is 6.61 Å². The van der Waals surface area contributed by atoms with E-state index in [0.717, 1.165) is 19.3 Å². The molecule has 0 aromatic rings. The van der Waals surface area contributed by atoms with Crippen LogP contribution in [-0.4, -0.2) is 39.9 Å². The van der Waals surface area contributed by atoms with E-state index in [2.05, 4.69) is 6.92 Å². The first-order chi connectivity index (χ1) is 11.1. The number of ketones is 1. The fraction of sp³-hybridized carbons (Fsp3) is 0.842. The molecule has 0 heterocycles. The van der Waals surface area contributed by atoms with Gasteiger partial charge in [-0.2, -0.15) is 0 Å². The Morgan fingerprint density at radius 1 is 0.870 bits per heavy atom. The zero-order chi connectivity index (χ0) is 17.3. The minimum Gasteiger partial charge on any atom is -0.394 e. The maximum absolute atomic E-state index is 11.4. The van der Waals surface area contributed by atoms with E-state index in [9.17, 15) is 9.90 Å². The lowest BCUT2D eigenvalue weighted by Crippen LogP contribution is -2.35. The molecule has 136 valence electrons. The van der Waals surface area contributed by atoms with Crippen LogP contribution in [0.3, 0.4) is 0 Å². The number of carbonyl (C=O) groups excluding carboxylic acids is 1. The number of aliphatic hydroxyl groups excluding tert-OH is 3. The third kappa shape index (κ3) is 13.4. The fourth-order valence-corrected chi connectivity index (χ4v) is 2.51. The summed E-state index contributed by atoms with van der Waals surface area (Å²) < 4.78 is 0. The largest absolute Gasteiger partial charge is 0.394 e. The summed E-state index contributed by atoms with van der Waals surface area (Å²) in [6.07, 6.45) is 15.1. The Kier molecular flexibility index (Phi) is 15.7. The van der Waals surface area contributed by atoms with Crippen LogP contribution in [0.1, 0.15) is 84.0 Å². The van der Waals surface area contributed by atoms with Gasteiger partial charge in [0.25, 0.3) is 0 Å². The van der Waals surface area contributed by atoms with Gasteiger partial charge in [0, 0.05) is 0 Å². The van der Waals surface area contributed by atoms with Gasteiger partial charge in [-0.15, -0.1) is 0 Å². The van der Waals surface area contributed by atoms with E-state index in [0.29, 0.717) is 0 Å². The highest BCUT2D eigenvalue weighted by Crippen LogP contribution is 2.12. The Morgan fingerprint density at radius 3 is 1.83 bits per heavy atom. The Morgan fingerprint density at radius 2 is 1.35 bits per heavy atom. The average Bonchev–Trinajstić information content (AvgIpc) is 2.57. The Balaban J connectivity index is 3.39. The molecule has 0 aromatic carbocycles. The predicted molar refractivity (Wildman–Crippen MR) is 94.3 cm³/mol. The quantitative estimate of drug-likeness (QED) is 0.299. The van der Waals surface area contributed by atoms with Crippen LogP contribution in [0.4, 0.5) is 0 Å². The molecule has 0 radical (unpaired) electrons. The molecule has 0 spiro atoms. The van der Waals surface area contributed by atoms with Gasteiger partial charge in [0.2, 0.25) is 0 Å². The van der Waals surface area contributed by atoms with E-state index < -0.39 is 24.6 Å². The second-order valence-electron chi connectivity index (χ2n) is 6.32. The zero-order valence-corrected chi connectivity index (χ0v) is 14.8. The zero-order valence-electron chi connectivity index (χ0n) is 14.8. The molecule has 0 rings (SSSR count). The molecule has 0 bridgehead atoms. The summed E-state index contributed by atoms with van der Waals surface area (Å²) in [5.74, 6) is -0.547. The van der Waals surface area contributed by atoms with Crippen LogP contribution in [0.15, 0.2) is 12.2 Å². The van der Waals surface area contributed by atoms with Crippen LogP contribution in [0, 0.1) is 0 Å². The van der Waals surface area contributed by atoms with Crippen molar-refractivity contribution in [3.05, 3.63) is 12.2 Å². The number of carbonyl (C=O) groups is 1. The van der Waals surface area contributed by atoms with Crippen LogP contribution in [0.2, 0.25) is 0 Å². The van der Waals surface area contributed by atoms with Gasteiger partial charge in [-0.3, -0.25) is 4.79 Å². The molecular formula is C19H36O4. The summed E-state index contributed by atoms with van der Waals surface area (Å²) in [7, 11) is 0. The summed E-state index contributed by atoms with van der Waals surface area (Å²) in [4.78, 5) is 11.4. The molecule has 0 aromatic heterocycles. The summed E-state index contributed by atoms with van der Waals surface area (Å²) in [6.45, 7) is 1.63. The molecule has 23 heavy (non-hydrogen) atoms. The number of unbranched alkanes of at least 4 members (excludes halogenated alkanes) is 11. The number of rotatable bonds is 16. The van der Waals surface area contributed by atoms with Crippen molar-refractivity contribution in [1.29, 1.82) is 0 Å². The SMILES string of the molecule is CCCCCCCCCCCCCC=CC(=O)C(O)C(O)CO. The number of allylic oxidation sites excluding steroid dienone is 1. The van der Waals surface area contributed by atoms with Gasteiger partial charge < -0.3 is 15.3 Å². The van der Waals surface area contributed by atoms with Crippen LogP contribution in [-0.2, 0) is 4.79 Å². The van der Waals surface area contributed by atoms with Gasteiger partial charge in [0.1, 0.15) is 12.2 Å². The molecule has 4 heteroatoms. The first-order valence-corrected chi connectivity index (χ1v) is 9.30. The van der Waals surface area contributed by atoms with Crippen molar-refractivity contribution in [2.75, 3.05) is 6.61 Å². The number of aliphatic hydroxyl groups is 3. The van der Waals surface area contributed by atoms with E-state index in [1.807, 2.05) is 0 Å². The molecule has 2 unspecified atom stereocenters. The number of hydrogen-bond donors (Lipinski definition) is 3. The molecule has 0 saturated carbocycles. The second kappa shape index (κ2) is 16.2. The van der Waals surface area contributed by atoms with E-state index in [1.54, 1.807) is 6.08 Å². The van der Waals surface area contributed by atoms with Gasteiger partial charge in [0.15, 0.2) is 5.78 Å². The monoisotopic (exact) mass is 328 g/mol. The van der Waals surface area contributed by atoms with Gasteiger partial charge in [-0.1, -0.05) is 77.2 Å². The molecule has 0 aliphatic carbocycles. The van der Waals surface area contributed by atoms with Crippen molar-refractivity contribution in [3.8, 4) is 0 Å². The molecule has 0 aliphatic heterocycles. The molecule has 0 fully saturated rings. The topological polar surface area (TPSA) is 77.8 Å². The summed E-state index contributed by atoms with van der Waals surface area (Å²) in [6, 6.07) is 0. The maximum atomic E-state index is 11.4. The van der Waals surface area contributed by atoms with Crippen LogP contribution in [0.5, 0.6) is 0 Å². The average molecular weight is 328 g/mol. The lowest BCUT2D eigenvalue weighted by atomic mass is 10.0. The second-order valence-corrected chi connectivity index (χ2v) is 6.32. The predicted octanol–water partition coefficient (Wildman–Crippen LogP) is 3.53. The van der Waals surface area contributed by atoms with Crippen molar-refractivity contribution in [2.24, 2.45) is 0 Å². The maximum Gasteiger partial charge on any atom is 0.186 e. The molecule has 4 nitrogen and oxygen atoms in total. The third-order valence-corrected chi connectivity index (χ3v) is 4.10. The van der Waals surface area contributed by atoms with Crippen LogP contribution >= 0.6 is 0 Å². The third-order valence-electron chi connectivity index (χ3n) is 4.10. The summed E-state index contributed by atoms with van der Waals surface area (Å²) >= 11 is 0. The molecule has 2 atom stereocenters. The van der Waals surface area contributed by atoms with Gasteiger partial charge in [-0.05, 0) is 18.9 Å². The standard InChI is InChI=1S/C19H36O4/c1-2-3-4-5-6-7-8-9-10-11-12-13-14-15-17(21)19(23)18(22)16-20/h14-15,18-20,22-23H,2-13,16H2,1H3. The molecular weight excluding hydrogens is 292 g/mol. The van der Waals surface area contributed by atoms with Gasteiger partial charge in [-0.25, -0.2) is 0 Å². The summed E-state index contributed by atoms with van der Waals surface area (Å²) in [5, 5.41) is 27.2. The van der Waals surface area contributed by atoms with Crippen molar-refractivity contribution in [2.45, 2.75) is 96.2 Å². The van der Waals surface area contributed by atoms with Crippen LogP contribution in [0.25, 0.3) is 0 Å². The highest BCUT2D eigenvalue weighted by Gasteiger charge is 2.20. The normalized spacial score (nSPS) is 14.3. The first-order valence-electron chi connectivity index (χ1n) is 9.30. The van der Waals surface area contributed by atoms with E-state index in [4.69, 9.17) is 10.2 Å². The first kappa shape index (κ1) is 22.3. The van der Waals surface area contributed by atoms with E-state index in [-0.39, 0.29) is 0 Å². The van der Waals surface area contributed by atoms with Crippen molar-refractivity contribution in [3.63, 3.8) is 0 Å². The smallest absolute Gasteiger partial charge is 0.186 e. The fourth-order valence-electron chi connectivity index (χ4n) is 2.51. The van der Waals surface area contributed by atoms with E-state index in [1.165, 1.54) is 63.9 Å². The highest BCUT2D eigenvalue weighted by molar-refractivity contribution is 5.93. The van der Waals surface area contributed by atoms with Crippen molar-refractivity contribution in [1.82, 2.24) is 0 Å². The van der Waals surface area contributed by atoms with Crippen molar-refractivity contribution >= 4 is 5.78 Å².